The summed E-state index contributed by atoms with van der Waals surface area (Å²) in [6.45, 7) is 2.22. The second-order valence-electron chi connectivity index (χ2n) is 5.67. The minimum absolute atomic E-state index is 0.0787. The predicted molar refractivity (Wildman–Crippen MR) is 95.2 cm³/mol. The normalized spacial score (nSPS) is 10.6. The van der Waals surface area contributed by atoms with Crippen molar-refractivity contribution in [3.63, 3.8) is 0 Å². The van der Waals surface area contributed by atoms with E-state index in [9.17, 15) is 9.59 Å². The first-order chi connectivity index (χ1) is 11.6. The van der Waals surface area contributed by atoms with Crippen molar-refractivity contribution in [3.05, 3.63) is 65.9 Å². The van der Waals surface area contributed by atoms with Gasteiger partial charge in [-0.25, -0.2) is 0 Å². The maximum atomic E-state index is 11.6. The number of benzene rings is 2. The molecule has 24 heavy (non-hydrogen) atoms. The van der Waals surface area contributed by atoms with Gasteiger partial charge in [0.2, 0.25) is 5.91 Å². The van der Waals surface area contributed by atoms with Crippen LogP contribution in [0, 0.1) is 0 Å². The van der Waals surface area contributed by atoms with Crippen molar-refractivity contribution in [2.45, 2.75) is 13.5 Å². The molecule has 5 nitrogen and oxygen atoms in total. The molecule has 2 N–H and O–H groups in total. The third-order valence-corrected chi connectivity index (χ3v) is 3.89. The van der Waals surface area contributed by atoms with E-state index in [1.165, 1.54) is 6.92 Å². The van der Waals surface area contributed by atoms with Gasteiger partial charge in [-0.15, -0.1) is 0 Å². The zero-order chi connectivity index (χ0) is 17.1. The number of nitrogens with zero attached hydrogens (tertiary/aromatic N) is 1. The molecule has 1 heterocycles. The number of carbonyl (C=O) groups is 2. The molecule has 0 aliphatic carbocycles. The first kappa shape index (κ1) is 15.8. The minimum atomic E-state index is -0.0848. The number of aromatic nitrogens is 1. The van der Waals surface area contributed by atoms with Crippen LogP contribution in [0.25, 0.3) is 10.9 Å². The third-order valence-electron chi connectivity index (χ3n) is 3.89. The summed E-state index contributed by atoms with van der Waals surface area (Å²) in [6, 6.07) is 15.5. The molecule has 5 heteroatoms. The molecule has 0 spiro atoms. The smallest absolute Gasteiger partial charge is 0.251 e. The summed E-state index contributed by atoms with van der Waals surface area (Å²) in [7, 11) is 1.62. The van der Waals surface area contributed by atoms with Gasteiger partial charge in [-0.1, -0.05) is 12.1 Å². The zero-order valence-corrected chi connectivity index (χ0v) is 13.7. The van der Waals surface area contributed by atoms with E-state index in [1.807, 2.05) is 54.7 Å². The molecule has 0 unspecified atom stereocenters. The van der Waals surface area contributed by atoms with Gasteiger partial charge in [0.15, 0.2) is 0 Å². The van der Waals surface area contributed by atoms with Crippen molar-refractivity contribution in [1.82, 2.24) is 9.88 Å². The van der Waals surface area contributed by atoms with Crippen LogP contribution in [0.5, 0.6) is 0 Å². The van der Waals surface area contributed by atoms with Crippen LogP contribution in [0.15, 0.2) is 54.7 Å². The van der Waals surface area contributed by atoms with Crippen LogP contribution in [0.3, 0.4) is 0 Å². The largest absolute Gasteiger partial charge is 0.355 e. The lowest BCUT2D eigenvalue weighted by molar-refractivity contribution is -0.114. The molecule has 0 radical (unpaired) electrons. The van der Waals surface area contributed by atoms with E-state index in [-0.39, 0.29) is 11.8 Å². The molecule has 0 atom stereocenters. The fourth-order valence-corrected chi connectivity index (χ4v) is 2.72. The van der Waals surface area contributed by atoms with Gasteiger partial charge < -0.3 is 15.2 Å². The SMILES string of the molecule is CNC(=O)c1ccc(Cn2ccc3cc(NC(C)=O)ccc32)cc1. The van der Waals surface area contributed by atoms with Gasteiger partial charge in [-0.2, -0.15) is 0 Å². The average Bonchev–Trinajstić information content (AvgIpc) is 2.96. The molecule has 3 aromatic rings. The number of fused-ring (bicyclic) bond motifs is 1. The van der Waals surface area contributed by atoms with Gasteiger partial charge in [-0.05, 0) is 42.0 Å². The Bertz CT molecular complexity index is 895. The summed E-state index contributed by atoms with van der Waals surface area (Å²) in [4.78, 5) is 22.7. The van der Waals surface area contributed by atoms with Crippen LogP contribution >= 0.6 is 0 Å². The van der Waals surface area contributed by atoms with E-state index in [2.05, 4.69) is 15.2 Å². The molecule has 0 saturated heterocycles. The molecule has 3 rings (SSSR count). The summed E-state index contributed by atoms with van der Waals surface area (Å²) in [5.41, 5.74) is 3.66. The van der Waals surface area contributed by atoms with E-state index in [1.54, 1.807) is 7.05 Å². The highest BCUT2D eigenvalue weighted by atomic mass is 16.2. The van der Waals surface area contributed by atoms with Gasteiger partial charge in [0.25, 0.3) is 5.91 Å². The Morgan fingerprint density at radius 2 is 1.79 bits per heavy atom. The number of rotatable bonds is 4. The van der Waals surface area contributed by atoms with Gasteiger partial charge in [0.05, 0.1) is 0 Å². The summed E-state index contributed by atoms with van der Waals surface area (Å²) in [6.07, 6.45) is 2.02. The highest BCUT2D eigenvalue weighted by Crippen LogP contribution is 2.21. The Kier molecular flexibility index (Phi) is 4.33. The lowest BCUT2D eigenvalue weighted by Crippen LogP contribution is -2.17. The topological polar surface area (TPSA) is 63.1 Å². The van der Waals surface area contributed by atoms with Crippen LogP contribution in [0.1, 0.15) is 22.8 Å². The lowest BCUT2D eigenvalue weighted by Gasteiger charge is -2.08. The molecule has 0 bridgehead atoms. The first-order valence-corrected chi connectivity index (χ1v) is 7.74. The van der Waals surface area contributed by atoms with Crippen molar-refractivity contribution in [2.24, 2.45) is 0 Å². The molecular formula is C19H19N3O2. The molecule has 2 amide bonds. The molecule has 1 aromatic heterocycles. The van der Waals surface area contributed by atoms with Crippen molar-refractivity contribution in [2.75, 3.05) is 12.4 Å². The van der Waals surface area contributed by atoms with Crippen molar-refractivity contribution in [1.29, 1.82) is 0 Å². The van der Waals surface area contributed by atoms with E-state index in [0.29, 0.717) is 5.56 Å². The fourth-order valence-electron chi connectivity index (χ4n) is 2.72. The molecular weight excluding hydrogens is 302 g/mol. The second-order valence-corrected chi connectivity index (χ2v) is 5.67. The van der Waals surface area contributed by atoms with Crippen LogP contribution < -0.4 is 10.6 Å². The molecule has 0 aliphatic rings. The van der Waals surface area contributed by atoms with E-state index in [0.717, 1.165) is 28.7 Å². The number of amides is 2. The van der Waals surface area contributed by atoms with Crippen molar-refractivity contribution in [3.8, 4) is 0 Å². The van der Waals surface area contributed by atoms with Crippen molar-refractivity contribution < 1.29 is 9.59 Å². The lowest BCUT2D eigenvalue weighted by atomic mass is 10.1. The number of anilines is 1. The number of nitrogens with one attached hydrogen (secondary N) is 2. The third kappa shape index (κ3) is 3.30. The van der Waals surface area contributed by atoms with Gasteiger partial charge >= 0.3 is 0 Å². The van der Waals surface area contributed by atoms with Crippen LogP contribution in [-0.2, 0) is 11.3 Å². The van der Waals surface area contributed by atoms with Crippen LogP contribution in [-0.4, -0.2) is 23.4 Å². The number of carbonyl (C=O) groups excluding carboxylic acids is 2. The fraction of sp³-hybridized carbons (Fsp3) is 0.158. The molecule has 0 fully saturated rings. The summed E-state index contributed by atoms with van der Waals surface area (Å²) in [5, 5.41) is 6.48. The highest BCUT2D eigenvalue weighted by molar-refractivity contribution is 5.94. The number of hydrogen-bond donors (Lipinski definition) is 2. The van der Waals surface area contributed by atoms with Crippen LogP contribution in [0.4, 0.5) is 5.69 Å². The second kappa shape index (κ2) is 6.58. The maximum absolute atomic E-state index is 11.6. The highest BCUT2D eigenvalue weighted by Gasteiger charge is 2.06. The maximum Gasteiger partial charge on any atom is 0.251 e. The molecule has 0 aliphatic heterocycles. The number of hydrogen-bond acceptors (Lipinski definition) is 2. The van der Waals surface area contributed by atoms with Gasteiger partial charge in [-0.3, -0.25) is 9.59 Å². The van der Waals surface area contributed by atoms with Gasteiger partial charge in [0.1, 0.15) is 0 Å². The Balaban J connectivity index is 1.82. The summed E-state index contributed by atoms with van der Waals surface area (Å²) >= 11 is 0. The Hall–Kier alpha value is -3.08. The summed E-state index contributed by atoms with van der Waals surface area (Å²) < 4.78 is 2.14. The Morgan fingerprint density at radius 3 is 2.46 bits per heavy atom. The minimum Gasteiger partial charge on any atom is -0.355 e. The zero-order valence-electron chi connectivity index (χ0n) is 13.7. The molecule has 122 valence electrons. The standard InChI is InChI=1S/C19H19N3O2/c1-13(23)21-17-7-8-18-16(11-17)9-10-22(18)12-14-3-5-15(6-4-14)19(24)20-2/h3-11H,12H2,1-2H3,(H,20,24)(H,21,23). The predicted octanol–water partition coefficient (Wildman–Crippen LogP) is 3.01. The summed E-state index contributed by atoms with van der Waals surface area (Å²) in [5.74, 6) is -0.163. The van der Waals surface area contributed by atoms with E-state index in [4.69, 9.17) is 0 Å². The Morgan fingerprint density at radius 1 is 1.04 bits per heavy atom. The Labute approximate surface area is 140 Å². The average molecular weight is 321 g/mol. The quantitative estimate of drug-likeness (QED) is 0.776. The first-order valence-electron chi connectivity index (χ1n) is 7.74. The van der Waals surface area contributed by atoms with E-state index >= 15 is 0 Å². The molecule has 0 saturated carbocycles. The van der Waals surface area contributed by atoms with Crippen molar-refractivity contribution >= 4 is 28.4 Å². The molecule has 2 aromatic carbocycles. The monoisotopic (exact) mass is 321 g/mol. The van der Waals surface area contributed by atoms with Crippen LogP contribution in [0.2, 0.25) is 0 Å². The van der Waals surface area contributed by atoms with Gasteiger partial charge in [0, 0.05) is 48.9 Å². The van der Waals surface area contributed by atoms with E-state index < -0.39 is 0 Å².